The second kappa shape index (κ2) is 13.2. The number of hydrogen-bond acceptors (Lipinski definition) is 8. The van der Waals surface area contributed by atoms with Crippen LogP contribution in [0.25, 0.3) is 0 Å². The van der Waals surface area contributed by atoms with Gasteiger partial charge in [0.2, 0.25) is 0 Å². The van der Waals surface area contributed by atoms with Gasteiger partial charge in [0.25, 0.3) is 0 Å². The molecular weight excluding hydrogens is 486 g/mol. The van der Waals surface area contributed by atoms with E-state index in [0.717, 1.165) is 31.2 Å². The van der Waals surface area contributed by atoms with Gasteiger partial charge in [-0.05, 0) is 48.8 Å². The fraction of sp³-hybridized carbons (Fsp3) is 0.500. The van der Waals surface area contributed by atoms with Crippen LogP contribution in [0.4, 0.5) is 11.6 Å². The molecule has 2 unspecified atom stereocenters. The Morgan fingerprint density at radius 3 is 2.50 bits per heavy atom. The molecule has 1 aromatic carbocycles. The Morgan fingerprint density at radius 2 is 1.89 bits per heavy atom. The fourth-order valence-electron chi connectivity index (χ4n) is 3.55. The van der Waals surface area contributed by atoms with Gasteiger partial charge in [-0.1, -0.05) is 44.5 Å². The van der Waals surface area contributed by atoms with Crippen LogP contribution in [0.3, 0.4) is 0 Å². The molecule has 2 rings (SSSR count). The predicted octanol–water partition coefficient (Wildman–Crippen LogP) is 1.90. The molecule has 9 N–H and O–H groups in total. The Labute approximate surface area is 216 Å². The number of guanidine groups is 1. The van der Waals surface area contributed by atoms with Crippen LogP contribution in [-0.2, 0) is 6.42 Å². The van der Waals surface area contributed by atoms with Crippen molar-refractivity contribution in [3.8, 4) is 5.75 Å². The van der Waals surface area contributed by atoms with Crippen LogP contribution in [0.2, 0.25) is 5.15 Å². The third-order valence-electron chi connectivity index (χ3n) is 5.64. The van der Waals surface area contributed by atoms with E-state index in [4.69, 9.17) is 38.6 Å². The lowest BCUT2D eigenvalue weighted by Gasteiger charge is -2.30. The molecule has 1 aromatic heterocycles. The third-order valence-corrected chi connectivity index (χ3v) is 5.92. The van der Waals surface area contributed by atoms with Gasteiger partial charge >= 0.3 is 5.91 Å². The minimum atomic E-state index is -0.897. The number of amides is 1. The van der Waals surface area contributed by atoms with Crippen LogP contribution in [0.5, 0.6) is 5.75 Å². The number of hydrogen-bond donors (Lipinski definition) is 6. The van der Waals surface area contributed by atoms with Gasteiger partial charge in [-0.15, -0.1) is 0 Å². The van der Waals surface area contributed by atoms with E-state index < -0.39 is 12.0 Å². The molecule has 11 nitrogen and oxygen atoms in total. The van der Waals surface area contributed by atoms with Crippen molar-refractivity contribution >= 4 is 35.1 Å². The number of halogens is 1. The monoisotopic (exact) mass is 521 g/mol. The van der Waals surface area contributed by atoms with Gasteiger partial charge < -0.3 is 37.5 Å². The van der Waals surface area contributed by atoms with E-state index in [1.54, 1.807) is 0 Å². The Morgan fingerprint density at radius 1 is 1.22 bits per heavy atom. The summed E-state index contributed by atoms with van der Waals surface area (Å²) in [6, 6.07) is 7.66. The molecule has 12 heteroatoms. The van der Waals surface area contributed by atoms with Crippen molar-refractivity contribution in [2.45, 2.75) is 58.6 Å². The minimum Gasteiger partial charge on any atom is -0.491 e. The van der Waals surface area contributed by atoms with Gasteiger partial charge in [0.1, 0.15) is 18.5 Å². The summed E-state index contributed by atoms with van der Waals surface area (Å²) >= 11 is 5.83. The molecule has 0 radical (unpaired) electrons. The molecule has 2 aromatic rings. The molecule has 0 fully saturated rings. The van der Waals surface area contributed by atoms with Crippen LogP contribution in [0.1, 0.15) is 56.1 Å². The number of rotatable bonds is 12. The number of carbonyl (C=O) groups is 1. The van der Waals surface area contributed by atoms with E-state index in [1.165, 1.54) is 0 Å². The molecule has 0 aliphatic carbocycles. The maximum atomic E-state index is 12.4. The average molecular weight is 522 g/mol. The highest BCUT2D eigenvalue weighted by Gasteiger charge is 2.23. The van der Waals surface area contributed by atoms with Gasteiger partial charge in [-0.2, -0.15) is 4.99 Å². The van der Waals surface area contributed by atoms with E-state index in [-0.39, 0.29) is 53.1 Å². The van der Waals surface area contributed by atoms with Crippen LogP contribution < -0.4 is 27.3 Å². The summed E-state index contributed by atoms with van der Waals surface area (Å²) in [5.74, 6) is -0.415. The van der Waals surface area contributed by atoms with Crippen LogP contribution in [-0.4, -0.2) is 57.4 Å². The summed E-state index contributed by atoms with van der Waals surface area (Å²) in [6.45, 7) is 6.08. The maximum absolute atomic E-state index is 12.4. The molecule has 1 amide bonds. The highest BCUT2D eigenvalue weighted by atomic mass is 35.5. The number of aliphatic hydroxyl groups excluding tert-OH is 2. The number of aliphatic imine (C=N–C) groups is 1. The van der Waals surface area contributed by atoms with E-state index >= 15 is 0 Å². The zero-order chi connectivity index (χ0) is 26.9. The van der Waals surface area contributed by atoms with Crippen molar-refractivity contribution in [2.75, 3.05) is 24.7 Å². The van der Waals surface area contributed by atoms with Crippen LogP contribution in [0, 0.1) is 5.41 Å². The third kappa shape index (κ3) is 9.14. The number of ether oxygens (including phenoxy) is 1. The second-order valence-corrected chi connectivity index (χ2v) is 9.70. The standard InChI is InChI=1S/C24H36ClN7O4/c1-4-15(29-23(28)32-22(35)18-20(26)31-21(27)19(25)30-18)11-24(2,3)10-9-14-5-7-17(8-6-14)36-13-16(34)12-33/h5-8,15-16,33-34H,4,9-13H2,1-3H3,(H4,26,27,31)(H3,28,29,32,35). The Kier molecular flexibility index (Phi) is 10.7. The molecule has 0 bridgehead atoms. The first-order valence-corrected chi connectivity index (χ1v) is 12.1. The fourth-order valence-corrected chi connectivity index (χ4v) is 3.68. The summed E-state index contributed by atoms with van der Waals surface area (Å²) in [5, 5.41) is 21.2. The van der Waals surface area contributed by atoms with Gasteiger partial charge in [-0.3, -0.25) is 4.79 Å². The van der Waals surface area contributed by atoms with Gasteiger partial charge in [0, 0.05) is 6.04 Å². The summed E-state index contributed by atoms with van der Waals surface area (Å²) in [5.41, 5.74) is 18.1. The average Bonchev–Trinajstić information content (AvgIpc) is 2.83. The summed E-state index contributed by atoms with van der Waals surface area (Å²) in [7, 11) is 0. The molecular formula is C24H36ClN7O4. The number of nitrogens with two attached hydrogens (primary N) is 3. The SMILES string of the molecule is CCC(CC(C)(C)CCc1ccc(OCC(O)CO)cc1)N/C(N)=N\C(=O)c1nc(Cl)c(N)nc1N. The lowest BCUT2D eigenvalue weighted by Crippen LogP contribution is -2.42. The van der Waals surface area contributed by atoms with Crippen LogP contribution >= 0.6 is 11.6 Å². The number of nitrogens with one attached hydrogen (secondary N) is 1. The second-order valence-electron chi connectivity index (χ2n) is 9.34. The number of aryl methyl sites for hydroxylation is 1. The first-order valence-electron chi connectivity index (χ1n) is 11.7. The maximum Gasteiger partial charge on any atom is 0.302 e. The van der Waals surface area contributed by atoms with Gasteiger partial charge in [0.05, 0.1) is 6.61 Å². The zero-order valence-electron chi connectivity index (χ0n) is 20.9. The number of aliphatic hydroxyl groups is 2. The number of benzene rings is 1. The topological polar surface area (TPSA) is 195 Å². The molecule has 0 spiro atoms. The molecule has 0 saturated heterocycles. The minimum absolute atomic E-state index is 0.0104. The lowest BCUT2D eigenvalue weighted by atomic mass is 9.80. The largest absolute Gasteiger partial charge is 0.491 e. The van der Waals surface area contributed by atoms with Crippen LogP contribution in [0.15, 0.2) is 29.3 Å². The molecule has 0 aliphatic heterocycles. The zero-order valence-corrected chi connectivity index (χ0v) is 21.6. The Bertz CT molecular complexity index is 1050. The highest BCUT2D eigenvalue weighted by molar-refractivity contribution is 6.31. The first-order chi connectivity index (χ1) is 16.9. The Hall–Kier alpha value is -3.15. The van der Waals surface area contributed by atoms with Crippen molar-refractivity contribution < 1.29 is 19.7 Å². The molecule has 0 saturated carbocycles. The molecule has 198 valence electrons. The number of carbonyl (C=O) groups excluding carboxylic acids is 1. The molecule has 0 aliphatic rings. The normalized spacial score (nSPS) is 13.8. The molecule has 2 atom stereocenters. The van der Waals surface area contributed by atoms with Gasteiger partial charge in [0.15, 0.2) is 28.4 Å². The number of anilines is 2. The smallest absolute Gasteiger partial charge is 0.302 e. The van der Waals surface area contributed by atoms with E-state index in [9.17, 15) is 9.90 Å². The van der Waals surface area contributed by atoms with E-state index in [2.05, 4.69) is 34.1 Å². The Balaban J connectivity index is 1.92. The van der Waals surface area contributed by atoms with Gasteiger partial charge in [-0.25, -0.2) is 9.97 Å². The summed E-state index contributed by atoms with van der Waals surface area (Å²) in [6.07, 6.45) is 2.45. The highest BCUT2D eigenvalue weighted by Crippen LogP contribution is 2.30. The van der Waals surface area contributed by atoms with E-state index in [1.807, 2.05) is 31.2 Å². The molecule has 36 heavy (non-hydrogen) atoms. The number of nitrogen functional groups attached to an aromatic ring is 2. The van der Waals surface area contributed by atoms with Crippen molar-refractivity contribution in [1.82, 2.24) is 15.3 Å². The first kappa shape index (κ1) is 29.1. The molecule has 1 heterocycles. The lowest BCUT2D eigenvalue weighted by molar-refractivity contribution is 0.0536. The summed E-state index contributed by atoms with van der Waals surface area (Å²) < 4.78 is 5.44. The van der Waals surface area contributed by atoms with Crippen molar-refractivity contribution in [3.05, 3.63) is 40.7 Å². The van der Waals surface area contributed by atoms with E-state index in [0.29, 0.717) is 5.75 Å². The number of nitrogens with zero attached hydrogens (tertiary/aromatic N) is 3. The summed E-state index contributed by atoms with van der Waals surface area (Å²) in [4.78, 5) is 23.9. The van der Waals surface area contributed by atoms with Crippen molar-refractivity contribution in [3.63, 3.8) is 0 Å². The number of aromatic nitrogens is 2. The predicted molar refractivity (Wildman–Crippen MR) is 141 cm³/mol. The van der Waals surface area contributed by atoms with Crippen molar-refractivity contribution in [1.29, 1.82) is 0 Å². The quantitative estimate of drug-likeness (QED) is 0.177. The van der Waals surface area contributed by atoms with Crippen molar-refractivity contribution in [2.24, 2.45) is 16.1 Å².